The summed E-state index contributed by atoms with van der Waals surface area (Å²) in [6.07, 6.45) is 5.51. The van der Waals surface area contributed by atoms with Gasteiger partial charge in [-0.2, -0.15) is 0 Å². The van der Waals surface area contributed by atoms with E-state index >= 15 is 0 Å². The summed E-state index contributed by atoms with van der Waals surface area (Å²) in [6.45, 7) is 3.72. The van der Waals surface area contributed by atoms with Crippen LogP contribution in [0.25, 0.3) is 6.08 Å². The van der Waals surface area contributed by atoms with Crippen LogP contribution in [-0.2, 0) is 4.74 Å². The zero-order valence-corrected chi connectivity index (χ0v) is 6.73. The van der Waals surface area contributed by atoms with Crippen molar-refractivity contribution in [2.24, 2.45) is 0 Å². The number of hydrogen-bond donors (Lipinski definition) is 0. The lowest BCUT2D eigenvalue weighted by molar-refractivity contribution is 0.188. The molecule has 1 nitrogen and oxygen atoms in total. The first kappa shape index (κ1) is 7.17. The van der Waals surface area contributed by atoms with Gasteiger partial charge in [0.25, 0.3) is 0 Å². The molecule has 0 aromatic heterocycles. The van der Waals surface area contributed by atoms with Gasteiger partial charge >= 0.3 is 0 Å². The summed E-state index contributed by atoms with van der Waals surface area (Å²) in [5.41, 5.74) is 2.41. The maximum absolute atomic E-state index is 5.35. The summed E-state index contributed by atoms with van der Waals surface area (Å²) in [7, 11) is 0. The van der Waals surface area contributed by atoms with E-state index in [9.17, 15) is 0 Å². The van der Waals surface area contributed by atoms with Crippen molar-refractivity contribution in [2.45, 2.75) is 6.10 Å². The SMILES string of the molecule is C=CC1OC=Cc2ccccc21. The van der Waals surface area contributed by atoms with Crippen LogP contribution in [0.15, 0.2) is 43.2 Å². The molecule has 0 fully saturated rings. The Morgan fingerprint density at radius 2 is 2.17 bits per heavy atom. The minimum Gasteiger partial charge on any atom is -0.489 e. The molecule has 1 aromatic carbocycles. The van der Waals surface area contributed by atoms with Gasteiger partial charge in [0, 0.05) is 5.56 Å². The number of fused-ring (bicyclic) bond motifs is 1. The van der Waals surface area contributed by atoms with Crippen molar-refractivity contribution in [2.75, 3.05) is 0 Å². The van der Waals surface area contributed by atoms with Crippen molar-refractivity contribution in [1.82, 2.24) is 0 Å². The molecule has 1 heteroatoms. The third-order valence-electron chi connectivity index (χ3n) is 1.99. The Hall–Kier alpha value is -1.50. The van der Waals surface area contributed by atoms with Gasteiger partial charge < -0.3 is 4.74 Å². The molecule has 0 radical (unpaired) electrons. The highest BCUT2D eigenvalue weighted by Gasteiger charge is 2.13. The maximum atomic E-state index is 5.35. The Balaban J connectivity index is 2.52. The van der Waals surface area contributed by atoms with Crippen molar-refractivity contribution < 1.29 is 4.74 Å². The van der Waals surface area contributed by atoms with Crippen molar-refractivity contribution in [3.8, 4) is 0 Å². The molecule has 1 aliphatic rings. The molecule has 1 aliphatic heterocycles. The van der Waals surface area contributed by atoms with E-state index in [-0.39, 0.29) is 6.10 Å². The van der Waals surface area contributed by atoms with Crippen LogP contribution in [0, 0.1) is 0 Å². The predicted octanol–water partition coefficient (Wildman–Crippen LogP) is 2.91. The highest BCUT2D eigenvalue weighted by atomic mass is 16.5. The highest BCUT2D eigenvalue weighted by Crippen LogP contribution is 2.27. The monoisotopic (exact) mass is 158 g/mol. The first-order valence-corrected chi connectivity index (χ1v) is 3.95. The van der Waals surface area contributed by atoms with Gasteiger partial charge in [-0.25, -0.2) is 0 Å². The lowest BCUT2D eigenvalue weighted by atomic mass is 10.0. The fourth-order valence-electron chi connectivity index (χ4n) is 1.37. The largest absolute Gasteiger partial charge is 0.489 e. The van der Waals surface area contributed by atoms with E-state index in [1.165, 1.54) is 11.1 Å². The van der Waals surface area contributed by atoms with Crippen LogP contribution in [0.2, 0.25) is 0 Å². The van der Waals surface area contributed by atoms with Crippen molar-refractivity contribution in [3.05, 3.63) is 54.3 Å². The molecule has 1 heterocycles. The minimum atomic E-state index is 0.0196. The van der Waals surface area contributed by atoms with Crippen LogP contribution >= 0.6 is 0 Å². The number of hydrogen-bond acceptors (Lipinski definition) is 1. The van der Waals surface area contributed by atoms with Crippen LogP contribution in [0.3, 0.4) is 0 Å². The molecule has 0 saturated heterocycles. The van der Waals surface area contributed by atoms with Crippen molar-refractivity contribution in [1.29, 1.82) is 0 Å². The van der Waals surface area contributed by atoms with E-state index in [1.54, 1.807) is 6.26 Å². The van der Waals surface area contributed by atoms with Crippen LogP contribution in [0.1, 0.15) is 17.2 Å². The molecule has 12 heavy (non-hydrogen) atoms. The second-order valence-corrected chi connectivity index (χ2v) is 2.72. The van der Waals surface area contributed by atoms with Crippen LogP contribution in [0.4, 0.5) is 0 Å². The van der Waals surface area contributed by atoms with Crippen LogP contribution < -0.4 is 0 Å². The number of ether oxygens (including phenoxy) is 1. The van der Waals surface area contributed by atoms with Gasteiger partial charge in [0.15, 0.2) is 0 Å². The maximum Gasteiger partial charge on any atom is 0.141 e. The van der Waals surface area contributed by atoms with E-state index in [1.807, 2.05) is 24.3 Å². The van der Waals surface area contributed by atoms with Gasteiger partial charge in [-0.3, -0.25) is 0 Å². The average molecular weight is 158 g/mol. The summed E-state index contributed by atoms with van der Waals surface area (Å²) < 4.78 is 5.35. The smallest absolute Gasteiger partial charge is 0.141 e. The lowest BCUT2D eigenvalue weighted by Crippen LogP contribution is -2.02. The molecule has 0 amide bonds. The molecule has 0 saturated carbocycles. The zero-order valence-electron chi connectivity index (χ0n) is 6.73. The summed E-state index contributed by atoms with van der Waals surface area (Å²) >= 11 is 0. The Bertz CT molecular complexity index is 326. The van der Waals surface area contributed by atoms with Crippen LogP contribution in [-0.4, -0.2) is 0 Å². The Labute approximate surface area is 72.0 Å². The molecule has 0 spiro atoms. The molecule has 0 N–H and O–H groups in total. The van der Waals surface area contributed by atoms with Crippen molar-refractivity contribution >= 4 is 6.08 Å². The van der Waals surface area contributed by atoms with Gasteiger partial charge in [-0.15, -0.1) is 0 Å². The van der Waals surface area contributed by atoms with Gasteiger partial charge in [-0.05, 0) is 17.7 Å². The fraction of sp³-hybridized carbons (Fsp3) is 0.0909. The van der Waals surface area contributed by atoms with E-state index in [0.717, 1.165) is 0 Å². The molecule has 60 valence electrons. The van der Waals surface area contributed by atoms with Crippen molar-refractivity contribution in [3.63, 3.8) is 0 Å². The predicted molar refractivity (Wildman–Crippen MR) is 49.5 cm³/mol. The van der Waals surface area contributed by atoms with E-state index in [4.69, 9.17) is 4.74 Å². The number of rotatable bonds is 1. The molecule has 1 unspecified atom stereocenters. The second kappa shape index (κ2) is 2.86. The minimum absolute atomic E-state index is 0.0196. The zero-order chi connectivity index (χ0) is 8.39. The highest BCUT2D eigenvalue weighted by molar-refractivity contribution is 5.56. The quantitative estimate of drug-likeness (QED) is 0.571. The third kappa shape index (κ3) is 1.03. The molecule has 1 aromatic rings. The molecular formula is C11H10O. The van der Waals surface area contributed by atoms with Gasteiger partial charge in [-0.1, -0.05) is 30.8 Å². The van der Waals surface area contributed by atoms with Gasteiger partial charge in [0.05, 0.1) is 6.26 Å². The second-order valence-electron chi connectivity index (χ2n) is 2.72. The van der Waals surface area contributed by atoms with Gasteiger partial charge in [0.1, 0.15) is 6.10 Å². The molecular weight excluding hydrogens is 148 g/mol. The summed E-state index contributed by atoms with van der Waals surface area (Å²) in [5, 5.41) is 0. The van der Waals surface area contributed by atoms with E-state index < -0.39 is 0 Å². The number of benzene rings is 1. The summed E-state index contributed by atoms with van der Waals surface area (Å²) in [6, 6.07) is 8.17. The molecule has 1 atom stereocenters. The van der Waals surface area contributed by atoms with Crippen LogP contribution in [0.5, 0.6) is 0 Å². The lowest BCUT2D eigenvalue weighted by Gasteiger charge is -2.18. The first-order valence-electron chi connectivity index (χ1n) is 3.95. The third-order valence-corrected chi connectivity index (χ3v) is 1.99. The van der Waals surface area contributed by atoms with E-state index in [2.05, 4.69) is 18.7 Å². The standard InChI is InChI=1S/C11H10O/c1-2-11-10-6-4-3-5-9(10)7-8-12-11/h2-8,11H,1H2. The van der Waals surface area contributed by atoms with Gasteiger partial charge in [0.2, 0.25) is 0 Å². The van der Waals surface area contributed by atoms with E-state index in [0.29, 0.717) is 0 Å². The molecule has 0 aliphatic carbocycles. The molecule has 2 rings (SSSR count). The Kier molecular flexibility index (Phi) is 1.71. The Morgan fingerprint density at radius 3 is 3.00 bits per heavy atom. The fourth-order valence-corrected chi connectivity index (χ4v) is 1.37. The normalized spacial score (nSPS) is 19.5. The average Bonchev–Trinajstić information content (AvgIpc) is 2.17. The molecule has 0 bridgehead atoms. The summed E-state index contributed by atoms with van der Waals surface area (Å²) in [5.74, 6) is 0. The topological polar surface area (TPSA) is 9.23 Å². The summed E-state index contributed by atoms with van der Waals surface area (Å²) in [4.78, 5) is 0. The Morgan fingerprint density at radius 1 is 1.33 bits per heavy atom. The first-order chi connectivity index (χ1) is 5.92.